The van der Waals surface area contributed by atoms with Gasteiger partial charge in [0.1, 0.15) is 5.75 Å². The van der Waals surface area contributed by atoms with Gasteiger partial charge in [-0.05, 0) is 37.5 Å². The van der Waals surface area contributed by atoms with Gasteiger partial charge in [0.05, 0.1) is 7.11 Å². The van der Waals surface area contributed by atoms with E-state index in [9.17, 15) is 0 Å². The lowest BCUT2D eigenvalue weighted by Crippen LogP contribution is -1.95. The summed E-state index contributed by atoms with van der Waals surface area (Å²) in [4.78, 5) is 0. The van der Waals surface area contributed by atoms with E-state index < -0.39 is 0 Å². The predicted octanol–water partition coefficient (Wildman–Crippen LogP) is 2.66. The first-order chi connectivity index (χ1) is 6.86. The van der Waals surface area contributed by atoms with Gasteiger partial charge in [-0.25, -0.2) is 0 Å². The number of benzene rings is 1. The Morgan fingerprint density at radius 2 is 1.86 bits per heavy atom. The highest BCUT2D eigenvalue weighted by Crippen LogP contribution is 2.12. The molecular weight excluding hydrogens is 176 g/mol. The Hall–Kier alpha value is -1.02. The van der Waals surface area contributed by atoms with Gasteiger partial charge >= 0.3 is 0 Å². The summed E-state index contributed by atoms with van der Waals surface area (Å²) in [6.07, 6.45) is 2.16. The maximum absolute atomic E-state index is 5.28. The van der Waals surface area contributed by atoms with Crippen molar-refractivity contribution < 1.29 is 9.47 Å². The largest absolute Gasteiger partial charge is 0.497 e. The topological polar surface area (TPSA) is 18.5 Å². The lowest BCUT2D eigenvalue weighted by molar-refractivity contribution is 0.145. The molecule has 0 aliphatic carbocycles. The van der Waals surface area contributed by atoms with E-state index in [0.29, 0.717) is 0 Å². The van der Waals surface area contributed by atoms with Crippen molar-refractivity contribution in [3.63, 3.8) is 0 Å². The Balaban J connectivity index is 2.29. The van der Waals surface area contributed by atoms with Crippen LogP contribution in [0.3, 0.4) is 0 Å². The minimum Gasteiger partial charge on any atom is -0.497 e. The molecule has 0 atom stereocenters. The second kappa shape index (κ2) is 6.44. The zero-order valence-corrected chi connectivity index (χ0v) is 8.95. The van der Waals surface area contributed by atoms with Crippen LogP contribution in [0.1, 0.15) is 18.9 Å². The van der Waals surface area contributed by atoms with Crippen LogP contribution in [0.5, 0.6) is 5.75 Å². The van der Waals surface area contributed by atoms with Crippen LogP contribution < -0.4 is 4.74 Å². The molecule has 0 amide bonds. The number of hydrogen-bond acceptors (Lipinski definition) is 2. The highest BCUT2D eigenvalue weighted by molar-refractivity contribution is 5.27. The molecule has 2 nitrogen and oxygen atoms in total. The number of aryl methyl sites for hydroxylation is 1. The van der Waals surface area contributed by atoms with E-state index in [1.165, 1.54) is 5.56 Å². The molecule has 0 fully saturated rings. The van der Waals surface area contributed by atoms with Crippen LogP contribution in [-0.2, 0) is 11.2 Å². The third-order valence-electron chi connectivity index (χ3n) is 2.12. The molecular formula is C12H18O2. The molecule has 0 saturated heterocycles. The van der Waals surface area contributed by atoms with Gasteiger partial charge < -0.3 is 9.47 Å². The summed E-state index contributed by atoms with van der Waals surface area (Å²) in [6, 6.07) is 8.20. The highest BCUT2D eigenvalue weighted by atomic mass is 16.5. The van der Waals surface area contributed by atoms with Gasteiger partial charge in [0.15, 0.2) is 0 Å². The molecule has 14 heavy (non-hydrogen) atoms. The first-order valence-corrected chi connectivity index (χ1v) is 5.07. The summed E-state index contributed by atoms with van der Waals surface area (Å²) < 4.78 is 10.4. The van der Waals surface area contributed by atoms with Gasteiger partial charge in [-0.1, -0.05) is 12.1 Å². The minimum atomic E-state index is 0.808. The van der Waals surface area contributed by atoms with E-state index in [0.717, 1.165) is 31.8 Å². The molecule has 0 aromatic heterocycles. The third kappa shape index (κ3) is 3.79. The Morgan fingerprint density at radius 1 is 1.14 bits per heavy atom. The average molecular weight is 194 g/mol. The van der Waals surface area contributed by atoms with Crippen LogP contribution in [0.15, 0.2) is 24.3 Å². The number of rotatable bonds is 6. The van der Waals surface area contributed by atoms with E-state index in [1.807, 2.05) is 19.1 Å². The summed E-state index contributed by atoms with van der Waals surface area (Å²) in [5.74, 6) is 0.915. The summed E-state index contributed by atoms with van der Waals surface area (Å²) >= 11 is 0. The molecule has 0 unspecified atom stereocenters. The highest BCUT2D eigenvalue weighted by Gasteiger charge is 1.94. The molecule has 1 aromatic rings. The van der Waals surface area contributed by atoms with Crippen molar-refractivity contribution in [3.05, 3.63) is 29.8 Å². The smallest absolute Gasteiger partial charge is 0.118 e. The first-order valence-electron chi connectivity index (χ1n) is 5.07. The lowest BCUT2D eigenvalue weighted by Gasteiger charge is -2.03. The van der Waals surface area contributed by atoms with E-state index in [-0.39, 0.29) is 0 Å². The molecule has 1 aromatic carbocycles. The van der Waals surface area contributed by atoms with Gasteiger partial charge in [-0.3, -0.25) is 0 Å². The molecule has 0 bridgehead atoms. The van der Waals surface area contributed by atoms with Gasteiger partial charge in [0.25, 0.3) is 0 Å². The summed E-state index contributed by atoms with van der Waals surface area (Å²) in [5.41, 5.74) is 1.34. The fraction of sp³-hybridized carbons (Fsp3) is 0.500. The zero-order chi connectivity index (χ0) is 10.2. The van der Waals surface area contributed by atoms with Crippen LogP contribution in [0.4, 0.5) is 0 Å². The molecule has 2 heteroatoms. The molecule has 1 rings (SSSR count). The van der Waals surface area contributed by atoms with Gasteiger partial charge in [0.2, 0.25) is 0 Å². The van der Waals surface area contributed by atoms with Gasteiger partial charge in [-0.2, -0.15) is 0 Å². The van der Waals surface area contributed by atoms with E-state index >= 15 is 0 Å². The normalized spacial score (nSPS) is 10.1. The monoisotopic (exact) mass is 194 g/mol. The second-order valence-corrected chi connectivity index (χ2v) is 3.15. The molecule has 0 heterocycles. The Morgan fingerprint density at radius 3 is 2.43 bits per heavy atom. The summed E-state index contributed by atoms with van der Waals surface area (Å²) in [5, 5.41) is 0. The first kappa shape index (κ1) is 11.1. The van der Waals surface area contributed by atoms with Crippen molar-refractivity contribution in [2.45, 2.75) is 19.8 Å². The molecule has 0 radical (unpaired) electrons. The number of methoxy groups -OCH3 is 1. The van der Waals surface area contributed by atoms with Crippen molar-refractivity contribution in [1.82, 2.24) is 0 Å². The maximum atomic E-state index is 5.28. The maximum Gasteiger partial charge on any atom is 0.118 e. The second-order valence-electron chi connectivity index (χ2n) is 3.15. The number of ether oxygens (including phenoxy) is 2. The van der Waals surface area contributed by atoms with Crippen LogP contribution in [-0.4, -0.2) is 20.3 Å². The fourth-order valence-corrected chi connectivity index (χ4v) is 1.31. The number of hydrogen-bond donors (Lipinski definition) is 0. The van der Waals surface area contributed by atoms with Crippen molar-refractivity contribution in [3.8, 4) is 5.75 Å². The van der Waals surface area contributed by atoms with Crippen molar-refractivity contribution in [1.29, 1.82) is 0 Å². The van der Waals surface area contributed by atoms with Gasteiger partial charge in [0, 0.05) is 13.2 Å². The Labute approximate surface area is 85.8 Å². The predicted molar refractivity (Wildman–Crippen MR) is 57.8 cm³/mol. The quantitative estimate of drug-likeness (QED) is 0.648. The SMILES string of the molecule is CCOCCCc1ccc(OC)cc1. The summed E-state index contributed by atoms with van der Waals surface area (Å²) in [7, 11) is 1.68. The van der Waals surface area contributed by atoms with Crippen molar-refractivity contribution in [2.75, 3.05) is 20.3 Å². The van der Waals surface area contributed by atoms with Gasteiger partial charge in [-0.15, -0.1) is 0 Å². The fourth-order valence-electron chi connectivity index (χ4n) is 1.31. The molecule has 0 N–H and O–H groups in total. The van der Waals surface area contributed by atoms with E-state index in [1.54, 1.807) is 7.11 Å². The molecule has 78 valence electrons. The molecule has 0 saturated carbocycles. The molecule has 0 spiro atoms. The molecule has 0 aliphatic heterocycles. The zero-order valence-electron chi connectivity index (χ0n) is 8.95. The van der Waals surface area contributed by atoms with Crippen molar-refractivity contribution in [2.24, 2.45) is 0 Å². The van der Waals surface area contributed by atoms with Crippen LogP contribution in [0.25, 0.3) is 0 Å². The van der Waals surface area contributed by atoms with E-state index in [4.69, 9.17) is 9.47 Å². The average Bonchev–Trinajstić information content (AvgIpc) is 2.25. The summed E-state index contributed by atoms with van der Waals surface area (Å²) in [6.45, 7) is 3.68. The standard InChI is InChI=1S/C12H18O2/c1-3-14-10-4-5-11-6-8-12(13-2)9-7-11/h6-9H,3-5,10H2,1-2H3. The van der Waals surface area contributed by atoms with Crippen LogP contribution in [0, 0.1) is 0 Å². The minimum absolute atomic E-state index is 0.808. The van der Waals surface area contributed by atoms with E-state index in [2.05, 4.69) is 12.1 Å². The Bertz CT molecular complexity index is 241. The van der Waals surface area contributed by atoms with Crippen molar-refractivity contribution >= 4 is 0 Å². The third-order valence-corrected chi connectivity index (χ3v) is 2.12. The van der Waals surface area contributed by atoms with Crippen LogP contribution in [0.2, 0.25) is 0 Å². The lowest BCUT2D eigenvalue weighted by atomic mass is 10.1. The molecule has 0 aliphatic rings. The Kier molecular flexibility index (Phi) is 5.08. The van der Waals surface area contributed by atoms with Crippen LogP contribution >= 0.6 is 0 Å².